The van der Waals surface area contributed by atoms with Crippen molar-refractivity contribution in [1.82, 2.24) is 0 Å². The Labute approximate surface area is 120 Å². The molecule has 2 rings (SSSR count). The van der Waals surface area contributed by atoms with E-state index in [4.69, 9.17) is 22.1 Å². The van der Waals surface area contributed by atoms with Gasteiger partial charge in [0.15, 0.2) is 11.6 Å². The van der Waals surface area contributed by atoms with Crippen LogP contribution in [-0.2, 0) is 0 Å². The number of anilines is 3. The summed E-state index contributed by atoms with van der Waals surface area (Å²) in [5, 5.41) is 3.13. The number of nitrogens with one attached hydrogen (secondary N) is 1. The predicted molar refractivity (Wildman–Crippen MR) is 76.7 cm³/mol. The van der Waals surface area contributed by atoms with Gasteiger partial charge in [0.05, 0.1) is 18.0 Å². The van der Waals surface area contributed by atoms with E-state index in [1.54, 1.807) is 6.92 Å². The Kier molecular flexibility index (Phi) is 4.29. The smallest absolute Gasteiger partial charge is 0.167 e. The summed E-state index contributed by atoms with van der Waals surface area (Å²) in [6.07, 6.45) is 0. The highest BCUT2D eigenvalue weighted by molar-refractivity contribution is 6.30. The van der Waals surface area contributed by atoms with Crippen molar-refractivity contribution in [3.63, 3.8) is 0 Å². The fourth-order valence-corrected chi connectivity index (χ4v) is 1.95. The van der Waals surface area contributed by atoms with Gasteiger partial charge in [-0.3, -0.25) is 0 Å². The van der Waals surface area contributed by atoms with Crippen LogP contribution in [0.5, 0.6) is 5.75 Å². The molecule has 0 atom stereocenters. The Hall–Kier alpha value is -2.01. The quantitative estimate of drug-likeness (QED) is 0.825. The van der Waals surface area contributed by atoms with Gasteiger partial charge in [-0.1, -0.05) is 11.6 Å². The van der Waals surface area contributed by atoms with Crippen molar-refractivity contribution in [2.24, 2.45) is 0 Å². The normalized spacial score (nSPS) is 10.4. The van der Waals surface area contributed by atoms with Crippen LogP contribution < -0.4 is 15.8 Å². The van der Waals surface area contributed by atoms with E-state index in [0.717, 1.165) is 6.07 Å². The highest BCUT2D eigenvalue weighted by Crippen LogP contribution is 2.31. The van der Waals surface area contributed by atoms with Crippen molar-refractivity contribution in [3.8, 4) is 5.75 Å². The van der Waals surface area contributed by atoms with Crippen molar-refractivity contribution in [1.29, 1.82) is 0 Å². The van der Waals surface area contributed by atoms with Gasteiger partial charge in [-0.25, -0.2) is 8.78 Å². The van der Waals surface area contributed by atoms with Gasteiger partial charge in [0.25, 0.3) is 0 Å². The maximum atomic E-state index is 13.6. The van der Waals surface area contributed by atoms with Crippen LogP contribution in [0.25, 0.3) is 0 Å². The van der Waals surface area contributed by atoms with Gasteiger partial charge >= 0.3 is 0 Å². The van der Waals surface area contributed by atoms with Crippen LogP contribution in [-0.4, -0.2) is 6.61 Å². The van der Waals surface area contributed by atoms with Crippen molar-refractivity contribution < 1.29 is 13.5 Å². The van der Waals surface area contributed by atoms with E-state index >= 15 is 0 Å². The molecule has 0 saturated carbocycles. The van der Waals surface area contributed by atoms with Gasteiger partial charge in [-0.2, -0.15) is 0 Å². The Morgan fingerprint density at radius 1 is 1.20 bits per heavy atom. The minimum Gasteiger partial charge on any atom is -0.491 e. The average molecular weight is 299 g/mol. The third-order valence-corrected chi connectivity index (χ3v) is 2.76. The van der Waals surface area contributed by atoms with Crippen LogP contribution in [0.15, 0.2) is 30.3 Å². The lowest BCUT2D eigenvalue weighted by atomic mass is 10.2. The van der Waals surface area contributed by atoms with Gasteiger partial charge in [-0.15, -0.1) is 0 Å². The number of benzene rings is 2. The van der Waals surface area contributed by atoms with Crippen LogP contribution in [0.4, 0.5) is 25.8 Å². The van der Waals surface area contributed by atoms with Gasteiger partial charge in [0.2, 0.25) is 0 Å². The van der Waals surface area contributed by atoms with E-state index < -0.39 is 11.6 Å². The monoisotopic (exact) mass is 298 g/mol. The lowest BCUT2D eigenvalue weighted by molar-refractivity contribution is 0.322. The lowest BCUT2D eigenvalue weighted by Gasteiger charge is -2.13. The summed E-state index contributed by atoms with van der Waals surface area (Å²) in [5.74, 6) is -0.954. The number of ether oxygens (including phenoxy) is 1. The molecular weight excluding hydrogens is 286 g/mol. The molecule has 0 aromatic heterocycles. The first-order chi connectivity index (χ1) is 9.49. The first-order valence-electron chi connectivity index (χ1n) is 5.94. The van der Waals surface area contributed by atoms with E-state index in [2.05, 4.69) is 5.32 Å². The summed E-state index contributed by atoms with van der Waals surface area (Å²) in [6, 6.07) is 6.55. The molecule has 0 unspecified atom stereocenters. The number of nitrogens with two attached hydrogens (primary N) is 1. The number of rotatable bonds is 4. The molecule has 3 nitrogen and oxygen atoms in total. The van der Waals surface area contributed by atoms with Gasteiger partial charge < -0.3 is 15.8 Å². The molecule has 0 heterocycles. The van der Waals surface area contributed by atoms with Gasteiger partial charge in [-0.05, 0) is 25.1 Å². The molecule has 0 aliphatic carbocycles. The van der Waals surface area contributed by atoms with Crippen LogP contribution in [0.3, 0.4) is 0 Å². The molecule has 20 heavy (non-hydrogen) atoms. The van der Waals surface area contributed by atoms with Crippen LogP contribution in [0.2, 0.25) is 5.02 Å². The average Bonchev–Trinajstić information content (AvgIpc) is 2.34. The zero-order valence-electron chi connectivity index (χ0n) is 10.7. The molecule has 2 aromatic rings. The first kappa shape index (κ1) is 14.4. The number of hydrogen-bond donors (Lipinski definition) is 2. The van der Waals surface area contributed by atoms with Crippen molar-refractivity contribution in [2.45, 2.75) is 6.92 Å². The molecule has 0 spiro atoms. The topological polar surface area (TPSA) is 47.3 Å². The van der Waals surface area contributed by atoms with Crippen molar-refractivity contribution in [2.75, 3.05) is 17.7 Å². The lowest BCUT2D eigenvalue weighted by Crippen LogP contribution is -2.01. The zero-order valence-corrected chi connectivity index (χ0v) is 11.5. The van der Waals surface area contributed by atoms with Crippen molar-refractivity contribution >= 4 is 28.7 Å². The van der Waals surface area contributed by atoms with Gasteiger partial charge in [0.1, 0.15) is 5.82 Å². The Balaban J connectivity index is 2.34. The summed E-state index contributed by atoms with van der Waals surface area (Å²) in [6.45, 7) is 2.07. The summed E-state index contributed by atoms with van der Waals surface area (Å²) < 4.78 is 32.0. The third-order valence-electron chi connectivity index (χ3n) is 2.55. The second-order valence-electron chi connectivity index (χ2n) is 4.09. The molecule has 106 valence electrons. The standard InChI is InChI=1S/C14H13ClF2N2O/c1-2-20-14-7-13(12(18)6-11(14)17)19-10-4-8(15)3-9(16)5-10/h3-7,19H,2,18H2,1H3. The molecule has 2 aromatic carbocycles. The SMILES string of the molecule is CCOc1cc(Nc2cc(F)cc(Cl)c2)c(N)cc1F. The van der Waals surface area contributed by atoms with Crippen LogP contribution in [0, 0.1) is 11.6 Å². The molecule has 0 bridgehead atoms. The molecule has 0 aliphatic rings. The predicted octanol–water partition coefficient (Wildman–Crippen LogP) is 4.34. The molecule has 0 radical (unpaired) electrons. The summed E-state index contributed by atoms with van der Waals surface area (Å²) in [5.41, 5.74) is 6.74. The maximum Gasteiger partial charge on any atom is 0.167 e. The number of nitrogen functional groups attached to an aromatic ring is 1. The van der Waals surface area contributed by atoms with E-state index in [1.165, 1.54) is 24.3 Å². The zero-order chi connectivity index (χ0) is 14.7. The minimum atomic E-state index is -0.549. The summed E-state index contributed by atoms with van der Waals surface area (Å²) in [7, 11) is 0. The second-order valence-corrected chi connectivity index (χ2v) is 4.52. The Morgan fingerprint density at radius 3 is 2.60 bits per heavy atom. The fourth-order valence-electron chi connectivity index (χ4n) is 1.72. The van der Waals surface area contributed by atoms with Crippen LogP contribution >= 0.6 is 11.6 Å². The highest BCUT2D eigenvalue weighted by atomic mass is 35.5. The molecule has 0 saturated heterocycles. The van der Waals surface area contributed by atoms with Gasteiger partial charge in [0, 0.05) is 22.8 Å². The number of hydrogen-bond acceptors (Lipinski definition) is 3. The molecular formula is C14H13ClF2N2O. The third kappa shape index (κ3) is 3.30. The van der Waals surface area contributed by atoms with Crippen LogP contribution in [0.1, 0.15) is 6.92 Å². The van der Waals surface area contributed by atoms with E-state index in [1.807, 2.05) is 0 Å². The summed E-state index contributed by atoms with van der Waals surface area (Å²) in [4.78, 5) is 0. The molecule has 3 N–H and O–H groups in total. The highest BCUT2D eigenvalue weighted by Gasteiger charge is 2.10. The van der Waals surface area contributed by atoms with E-state index in [0.29, 0.717) is 18.0 Å². The molecule has 6 heteroatoms. The van der Waals surface area contributed by atoms with E-state index in [9.17, 15) is 8.78 Å². The number of halogens is 3. The fraction of sp³-hybridized carbons (Fsp3) is 0.143. The summed E-state index contributed by atoms with van der Waals surface area (Å²) >= 11 is 5.77. The molecule has 0 aliphatic heterocycles. The maximum absolute atomic E-state index is 13.6. The molecule has 0 amide bonds. The minimum absolute atomic E-state index is 0.0756. The first-order valence-corrected chi connectivity index (χ1v) is 6.32. The Bertz CT molecular complexity index is 615. The largest absolute Gasteiger partial charge is 0.491 e. The molecule has 0 fully saturated rings. The van der Waals surface area contributed by atoms with E-state index in [-0.39, 0.29) is 16.5 Å². The Morgan fingerprint density at radius 2 is 1.95 bits per heavy atom. The van der Waals surface area contributed by atoms with Crippen molar-refractivity contribution in [3.05, 3.63) is 47.0 Å². The second kappa shape index (κ2) is 5.96.